The van der Waals surface area contributed by atoms with Crippen LogP contribution in [0.2, 0.25) is 0 Å². The van der Waals surface area contributed by atoms with Crippen LogP contribution in [0.5, 0.6) is 0 Å². The van der Waals surface area contributed by atoms with Crippen LogP contribution < -0.4 is 0 Å². The minimum atomic E-state index is -4.43. The van der Waals surface area contributed by atoms with E-state index in [4.69, 9.17) is 6.42 Å². The highest BCUT2D eigenvalue weighted by atomic mass is 19.4. The number of halogens is 3. The fourth-order valence-electron chi connectivity index (χ4n) is 1.20. The van der Waals surface area contributed by atoms with E-state index < -0.39 is 11.7 Å². The summed E-state index contributed by atoms with van der Waals surface area (Å²) in [5, 5.41) is 0. The van der Waals surface area contributed by atoms with Crippen molar-refractivity contribution in [1.82, 2.24) is 0 Å². The lowest BCUT2D eigenvalue weighted by Gasteiger charge is -2.07. The highest BCUT2D eigenvalue weighted by Gasteiger charge is 2.30. The van der Waals surface area contributed by atoms with Crippen LogP contribution in [0.1, 0.15) is 28.8 Å². The molecular formula is C12H9F3O. The Morgan fingerprint density at radius 3 is 2.62 bits per heavy atom. The smallest absolute Gasteiger partial charge is 0.294 e. The second kappa shape index (κ2) is 4.84. The fourth-order valence-corrected chi connectivity index (χ4v) is 1.20. The zero-order valence-electron chi connectivity index (χ0n) is 8.34. The lowest BCUT2D eigenvalue weighted by Crippen LogP contribution is -2.07. The van der Waals surface area contributed by atoms with E-state index in [1.807, 2.05) is 0 Å². The van der Waals surface area contributed by atoms with Crippen molar-refractivity contribution in [3.63, 3.8) is 0 Å². The van der Waals surface area contributed by atoms with Gasteiger partial charge in [0.25, 0.3) is 0 Å². The Morgan fingerprint density at radius 2 is 2.06 bits per heavy atom. The molecule has 0 radical (unpaired) electrons. The van der Waals surface area contributed by atoms with Crippen LogP contribution >= 0.6 is 0 Å². The van der Waals surface area contributed by atoms with E-state index in [1.54, 1.807) is 0 Å². The van der Waals surface area contributed by atoms with E-state index in [-0.39, 0.29) is 24.2 Å². The number of alkyl halides is 3. The van der Waals surface area contributed by atoms with Crippen LogP contribution in [0.15, 0.2) is 24.3 Å². The molecule has 1 nitrogen and oxygen atoms in total. The number of rotatable bonds is 3. The molecule has 1 aromatic carbocycles. The van der Waals surface area contributed by atoms with Crippen molar-refractivity contribution in [2.75, 3.05) is 0 Å². The average Bonchev–Trinajstić information content (AvgIpc) is 2.25. The van der Waals surface area contributed by atoms with Crippen LogP contribution in [-0.4, -0.2) is 5.78 Å². The Morgan fingerprint density at radius 1 is 1.38 bits per heavy atom. The van der Waals surface area contributed by atoms with E-state index in [2.05, 4.69) is 5.92 Å². The molecule has 0 aromatic heterocycles. The molecule has 16 heavy (non-hydrogen) atoms. The number of terminal acetylenes is 1. The van der Waals surface area contributed by atoms with Gasteiger partial charge in [-0.15, -0.1) is 12.3 Å². The largest absolute Gasteiger partial charge is 0.416 e. The molecule has 0 saturated carbocycles. The highest BCUT2D eigenvalue weighted by Crippen LogP contribution is 2.29. The summed E-state index contributed by atoms with van der Waals surface area (Å²) in [6, 6.07) is 4.34. The van der Waals surface area contributed by atoms with Gasteiger partial charge in [0.2, 0.25) is 0 Å². The van der Waals surface area contributed by atoms with Crippen molar-refractivity contribution in [3.05, 3.63) is 35.4 Å². The first-order chi connectivity index (χ1) is 7.45. The van der Waals surface area contributed by atoms with Crippen molar-refractivity contribution in [1.29, 1.82) is 0 Å². The molecule has 0 saturated heterocycles. The first kappa shape index (κ1) is 12.3. The van der Waals surface area contributed by atoms with E-state index in [0.717, 1.165) is 12.1 Å². The normalized spacial score (nSPS) is 10.9. The summed E-state index contributed by atoms with van der Waals surface area (Å²) in [4.78, 5) is 11.4. The maximum Gasteiger partial charge on any atom is 0.416 e. The average molecular weight is 226 g/mol. The minimum Gasteiger partial charge on any atom is -0.294 e. The van der Waals surface area contributed by atoms with Crippen molar-refractivity contribution >= 4 is 5.78 Å². The Kier molecular flexibility index (Phi) is 3.73. The second-order valence-corrected chi connectivity index (χ2v) is 3.21. The van der Waals surface area contributed by atoms with Crippen LogP contribution in [-0.2, 0) is 6.18 Å². The Hall–Kier alpha value is -1.76. The molecule has 0 aliphatic carbocycles. The van der Waals surface area contributed by atoms with Gasteiger partial charge in [0, 0.05) is 18.4 Å². The molecule has 0 unspecified atom stereocenters. The first-order valence-corrected chi connectivity index (χ1v) is 4.59. The van der Waals surface area contributed by atoms with Gasteiger partial charge in [-0.2, -0.15) is 13.2 Å². The third-order valence-electron chi connectivity index (χ3n) is 2.01. The van der Waals surface area contributed by atoms with Crippen LogP contribution in [0.4, 0.5) is 13.2 Å². The molecule has 4 heteroatoms. The van der Waals surface area contributed by atoms with Gasteiger partial charge in [-0.05, 0) is 12.1 Å². The van der Waals surface area contributed by atoms with Crippen LogP contribution in [0.25, 0.3) is 0 Å². The lowest BCUT2D eigenvalue weighted by atomic mass is 10.0. The van der Waals surface area contributed by atoms with Gasteiger partial charge < -0.3 is 0 Å². The van der Waals surface area contributed by atoms with Gasteiger partial charge in [0.05, 0.1) is 5.56 Å². The zero-order chi connectivity index (χ0) is 12.2. The topological polar surface area (TPSA) is 17.1 Å². The quantitative estimate of drug-likeness (QED) is 0.571. The van der Waals surface area contributed by atoms with Crippen molar-refractivity contribution in [3.8, 4) is 12.3 Å². The molecule has 0 bridgehead atoms. The van der Waals surface area contributed by atoms with Gasteiger partial charge in [-0.1, -0.05) is 12.1 Å². The highest BCUT2D eigenvalue weighted by molar-refractivity contribution is 5.96. The van der Waals surface area contributed by atoms with Crippen molar-refractivity contribution in [2.45, 2.75) is 19.0 Å². The molecule has 0 aliphatic heterocycles. The molecule has 0 amide bonds. The zero-order valence-corrected chi connectivity index (χ0v) is 8.34. The number of benzene rings is 1. The van der Waals surface area contributed by atoms with E-state index >= 15 is 0 Å². The van der Waals surface area contributed by atoms with E-state index in [0.29, 0.717) is 0 Å². The predicted molar refractivity (Wildman–Crippen MR) is 53.8 cm³/mol. The van der Waals surface area contributed by atoms with E-state index in [9.17, 15) is 18.0 Å². The van der Waals surface area contributed by atoms with Crippen LogP contribution in [0.3, 0.4) is 0 Å². The monoisotopic (exact) mass is 226 g/mol. The second-order valence-electron chi connectivity index (χ2n) is 3.21. The maximum atomic E-state index is 12.3. The molecule has 0 heterocycles. The molecule has 0 spiro atoms. The number of ketones is 1. The molecule has 0 aliphatic rings. The number of hydrogen-bond donors (Lipinski definition) is 0. The SMILES string of the molecule is C#CCCC(=O)c1cccc(C(F)(F)F)c1. The molecule has 0 fully saturated rings. The van der Waals surface area contributed by atoms with E-state index in [1.165, 1.54) is 12.1 Å². The number of carbonyl (C=O) groups is 1. The van der Waals surface area contributed by atoms with Crippen molar-refractivity contribution < 1.29 is 18.0 Å². The van der Waals surface area contributed by atoms with Gasteiger partial charge >= 0.3 is 6.18 Å². The Balaban J connectivity index is 2.91. The summed E-state index contributed by atoms with van der Waals surface area (Å²) in [5.74, 6) is 1.90. The molecular weight excluding hydrogens is 217 g/mol. The van der Waals surface area contributed by atoms with Gasteiger partial charge in [-0.3, -0.25) is 4.79 Å². The molecule has 1 rings (SSSR count). The van der Waals surface area contributed by atoms with Gasteiger partial charge in [0.15, 0.2) is 5.78 Å². The predicted octanol–water partition coefficient (Wildman–Crippen LogP) is 3.30. The Bertz CT molecular complexity index is 427. The van der Waals surface area contributed by atoms with Gasteiger partial charge in [-0.25, -0.2) is 0 Å². The van der Waals surface area contributed by atoms with Crippen molar-refractivity contribution in [2.24, 2.45) is 0 Å². The Labute approximate surface area is 91.3 Å². The number of Topliss-reactive ketones (excluding diaryl/α,β-unsaturated/α-hetero) is 1. The maximum absolute atomic E-state index is 12.3. The minimum absolute atomic E-state index is 0.0464. The molecule has 0 N–H and O–H groups in total. The number of carbonyl (C=O) groups excluding carboxylic acids is 1. The first-order valence-electron chi connectivity index (χ1n) is 4.59. The summed E-state index contributed by atoms with van der Waals surface area (Å²) in [6.45, 7) is 0. The molecule has 1 aromatic rings. The third-order valence-corrected chi connectivity index (χ3v) is 2.01. The summed E-state index contributed by atoms with van der Waals surface area (Å²) in [6.07, 6.45) is 0.842. The lowest BCUT2D eigenvalue weighted by molar-refractivity contribution is -0.137. The molecule has 0 atom stereocenters. The van der Waals surface area contributed by atoms with Crippen LogP contribution in [0, 0.1) is 12.3 Å². The third kappa shape index (κ3) is 3.13. The summed E-state index contributed by atoms with van der Waals surface area (Å²) in [5.41, 5.74) is -0.774. The standard InChI is InChI=1S/C12H9F3O/c1-2-3-7-11(16)9-5-4-6-10(8-9)12(13,14)15/h1,4-6,8H,3,7H2. The summed E-state index contributed by atoms with van der Waals surface area (Å²) < 4.78 is 37.0. The number of hydrogen-bond acceptors (Lipinski definition) is 1. The summed E-state index contributed by atoms with van der Waals surface area (Å²) in [7, 11) is 0. The van der Waals surface area contributed by atoms with Gasteiger partial charge in [0.1, 0.15) is 0 Å². The molecule has 84 valence electrons. The fraction of sp³-hybridized carbons (Fsp3) is 0.250. The summed E-state index contributed by atoms with van der Waals surface area (Å²) >= 11 is 0.